The van der Waals surface area contributed by atoms with Gasteiger partial charge in [0.1, 0.15) is 5.82 Å². The highest BCUT2D eigenvalue weighted by molar-refractivity contribution is 7.89. The Labute approximate surface area is 122 Å². The predicted octanol–water partition coefficient (Wildman–Crippen LogP) is 1.14. The number of benzene rings is 1. The molecule has 0 aliphatic carbocycles. The lowest BCUT2D eigenvalue weighted by Crippen LogP contribution is -2.25. The SMILES string of the molecule is CCNCc1cn[nH]c1S(=O)(=O)NCc1ccc(F)cc1. The van der Waals surface area contributed by atoms with Gasteiger partial charge in [0.15, 0.2) is 5.03 Å². The molecule has 0 bridgehead atoms. The van der Waals surface area contributed by atoms with E-state index in [0.717, 1.165) is 6.54 Å². The van der Waals surface area contributed by atoms with Gasteiger partial charge in [-0.25, -0.2) is 17.5 Å². The first kappa shape index (κ1) is 15.6. The molecule has 0 aliphatic heterocycles. The number of hydrogen-bond donors (Lipinski definition) is 3. The zero-order valence-electron chi connectivity index (χ0n) is 11.6. The summed E-state index contributed by atoms with van der Waals surface area (Å²) in [4.78, 5) is 0. The Morgan fingerprint density at radius 2 is 1.95 bits per heavy atom. The lowest BCUT2D eigenvalue weighted by molar-refractivity contribution is 0.574. The van der Waals surface area contributed by atoms with Crippen molar-refractivity contribution in [3.63, 3.8) is 0 Å². The van der Waals surface area contributed by atoms with Crippen LogP contribution in [-0.2, 0) is 23.1 Å². The van der Waals surface area contributed by atoms with Gasteiger partial charge in [0.2, 0.25) is 0 Å². The van der Waals surface area contributed by atoms with E-state index in [1.54, 1.807) is 0 Å². The molecular weight excluding hydrogens is 295 g/mol. The Balaban J connectivity index is 2.08. The third-order valence-corrected chi connectivity index (χ3v) is 4.31. The van der Waals surface area contributed by atoms with Crippen LogP contribution < -0.4 is 10.0 Å². The van der Waals surface area contributed by atoms with E-state index in [9.17, 15) is 12.8 Å². The van der Waals surface area contributed by atoms with Gasteiger partial charge in [-0.1, -0.05) is 19.1 Å². The molecule has 0 unspecified atom stereocenters. The Hall–Kier alpha value is -1.77. The number of nitrogens with zero attached hydrogens (tertiary/aromatic N) is 1. The number of rotatable bonds is 7. The number of nitrogens with one attached hydrogen (secondary N) is 3. The van der Waals surface area contributed by atoms with Crippen molar-refractivity contribution in [2.45, 2.75) is 25.0 Å². The van der Waals surface area contributed by atoms with Gasteiger partial charge < -0.3 is 5.32 Å². The van der Waals surface area contributed by atoms with Crippen molar-refractivity contribution < 1.29 is 12.8 Å². The molecular formula is C13H17FN4O2S. The van der Waals surface area contributed by atoms with Crippen molar-refractivity contribution >= 4 is 10.0 Å². The van der Waals surface area contributed by atoms with Crippen LogP contribution in [-0.4, -0.2) is 25.2 Å². The summed E-state index contributed by atoms with van der Waals surface area (Å²) in [5.41, 5.74) is 1.25. The Morgan fingerprint density at radius 3 is 2.62 bits per heavy atom. The van der Waals surface area contributed by atoms with Crippen LogP contribution in [0, 0.1) is 5.82 Å². The monoisotopic (exact) mass is 312 g/mol. The minimum absolute atomic E-state index is 0.0468. The number of H-pyrrole nitrogens is 1. The Morgan fingerprint density at radius 1 is 1.24 bits per heavy atom. The Kier molecular flexibility index (Phi) is 5.05. The fourth-order valence-corrected chi connectivity index (χ4v) is 2.91. The topological polar surface area (TPSA) is 86.9 Å². The minimum atomic E-state index is -3.69. The van der Waals surface area contributed by atoms with Crippen LogP contribution in [0.25, 0.3) is 0 Å². The van der Waals surface area contributed by atoms with Gasteiger partial charge in [-0.15, -0.1) is 0 Å². The molecule has 0 saturated heterocycles. The highest BCUT2D eigenvalue weighted by Gasteiger charge is 2.20. The van der Waals surface area contributed by atoms with Crippen LogP contribution in [0.3, 0.4) is 0 Å². The summed E-state index contributed by atoms with van der Waals surface area (Å²) in [5.74, 6) is -0.358. The van der Waals surface area contributed by atoms with Gasteiger partial charge in [0.25, 0.3) is 10.0 Å². The maximum absolute atomic E-state index is 12.8. The van der Waals surface area contributed by atoms with Crippen LogP contribution in [0.1, 0.15) is 18.1 Å². The second-order valence-electron chi connectivity index (χ2n) is 4.46. The van der Waals surface area contributed by atoms with E-state index in [2.05, 4.69) is 20.2 Å². The number of aromatic amines is 1. The first-order valence-electron chi connectivity index (χ1n) is 6.50. The zero-order valence-corrected chi connectivity index (χ0v) is 12.4. The third-order valence-electron chi connectivity index (χ3n) is 2.89. The molecule has 21 heavy (non-hydrogen) atoms. The molecule has 8 heteroatoms. The number of sulfonamides is 1. The third kappa shape index (κ3) is 4.10. The maximum atomic E-state index is 12.8. The molecule has 1 aromatic carbocycles. The zero-order chi connectivity index (χ0) is 15.3. The van der Waals surface area contributed by atoms with E-state index in [-0.39, 0.29) is 17.4 Å². The van der Waals surface area contributed by atoms with E-state index in [1.807, 2.05) is 6.92 Å². The summed E-state index contributed by atoms with van der Waals surface area (Å²) in [6, 6.07) is 5.64. The van der Waals surface area contributed by atoms with Crippen LogP contribution in [0.4, 0.5) is 4.39 Å². The van der Waals surface area contributed by atoms with Crippen molar-refractivity contribution in [1.29, 1.82) is 0 Å². The van der Waals surface area contributed by atoms with E-state index >= 15 is 0 Å². The summed E-state index contributed by atoms with van der Waals surface area (Å²) in [6.07, 6.45) is 1.48. The van der Waals surface area contributed by atoms with E-state index in [1.165, 1.54) is 30.5 Å². The van der Waals surface area contributed by atoms with Crippen molar-refractivity contribution in [2.24, 2.45) is 0 Å². The van der Waals surface area contributed by atoms with Gasteiger partial charge in [0.05, 0.1) is 6.20 Å². The average molecular weight is 312 g/mol. The van der Waals surface area contributed by atoms with Crippen molar-refractivity contribution in [3.05, 3.63) is 47.4 Å². The van der Waals surface area contributed by atoms with Crippen molar-refractivity contribution in [3.8, 4) is 0 Å². The van der Waals surface area contributed by atoms with E-state index in [0.29, 0.717) is 17.7 Å². The van der Waals surface area contributed by atoms with Crippen LogP contribution in [0.2, 0.25) is 0 Å². The highest BCUT2D eigenvalue weighted by Crippen LogP contribution is 2.12. The van der Waals surface area contributed by atoms with Gasteiger partial charge in [0, 0.05) is 18.7 Å². The van der Waals surface area contributed by atoms with Crippen molar-refractivity contribution in [2.75, 3.05) is 6.54 Å². The standard InChI is InChI=1S/C13H17FN4O2S/c1-2-15-8-11-9-16-18-13(11)21(19,20)17-7-10-3-5-12(14)6-4-10/h3-6,9,15,17H,2,7-8H2,1H3,(H,16,18). The average Bonchev–Trinajstić information content (AvgIpc) is 2.94. The molecule has 6 nitrogen and oxygen atoms in total. The highest BCUT2D eigenvalue weighted by atomic mass is 32.2. The molecule has 0 radical (unpaired) electrons. The molecule has 2 rings (SSSR count). The molecule has 3 N–H and O–H groups in total. The fourth-order valence-electron chi connectivity index (χ4n) is 1.77. The van der Waals surface area contributed by atoms with Crippen LogP contribution in [0.15, 0.2) is 35.5 Å². The smallest absolute Gasteiger partial charge is 0.258 e. The molecule has 1 aromatic heterocycles. The largest absolute Gasteiger partial charge is 0.313 e. The Bertz CT molecular complexity index is 682. The lowest BCUT2D eigenvalue weighted by Gasteiger charge is -2.07. The maximum Gasteiger partial charge on any atom is 0.258 e. The second-order valence-corrected chi connectivity index (χ2v) is 6.16. The molecule has 1 heterocycles. The summed E-state index contributed by atoms with van der Waals surface area (Å²) >= 11 is 0. The first-order valence-corrected chi connectivity index (χ1v) is 7.98. The molecule has 0 amide bonds. The van der Waals surface area contributed by atoms with Gasteiger partial charge in [-0.05, 0) is 24.2 Å². The number of halogens is 1. The van der Waals surface area contributed by atoms with Gasteiger partial charge in [-0.3, -0.25) is 5.10 Å². The normalized spacial score (nSPS) is 11.7. The van der Waals surface area contributed by atoms with Crippen molar-refractivity contribution in [1.82, 2.24) is 20.2 Å². The lowest BCUT2D eigenvalue weighted by atomic mass is 10.2. The molecule has 0 spiro atoms. The van der Waals surface area contributed by atoms with Crippen LogP contribution in [0.5, 0.6) is 0 Å². The number of aromatic nitrogens is 2. The molecule has 0 aliphatic rings. The first-order chi connectivity index (χ1) is 10.0. The molecule has 0 atom stereocenters. The summed E-state index contributed by atoms with van der Waals surface area (Å²) in [5, 5.41) is 9.37. The van der Waals surface area contributed by atoms with Gasteiger partial charge in [-0.2, -0.15) is 5.10 Å². The fraction of sp³-hybridized carbons (Fsp3) is 0.308. The molecule has 2 aromatic rings. The van der Waals surface area contributed by atoms with E-state index in [4.69, 9.17) is 0 Å². The molecule has 114 valence electrons. The van der Waals surface area contributed by atoms with Gasteiger partial charge >= 0.3 is 0 Å². The summed E-state index contributed by atoms with van der Waals surface area (Å²) in [7, 11) is -3.69. The minimum Gasteiger partial charge on any atom is -0.313 e. The summed E-state index contributed by atoms with van der Waals surface area (Å²) in [6.45, 7) is 3.16. The van der Waals surface area contributed by atoms with Crippen LogP contribution >= 0.6 is 0 Å². The molecule has 0 fully saturated rings. The quantitative estimate of drug-likeness (QED) is 0.715. The number of hydrogen-bond acceptors (Lipinski definition) is 4. The summed E-state index contributed by atoms with van der Waals surface area (Å²) < 4.78 is 39.7. The predicted molar refractivity (Wildman–Crippen MR) is 76.4 cm³/mol. The molecule has 0 saturated carbocycles. The van der Waals surface area contributed by atoms with E-state index < -0.39 is 10.0 Å². The second kappa shape index (κ2) is 6.79.